The Balaban J connectivity index is 2.30. The molecule has 0 atom stereocenters. The minimum atomic E-state index is -1.12. The van der Waals surface area contributed by atoms with Gasteiger partial charge in [0.05, 0.1) is 5.69 Å². The van der Waals surface area contributed by atoms with Crippen LogP contribution in [0.25, 0.3) is 11.3 Å². The van der Waals surface area contributed by atoms with Crippen molar-refractivity contribution in [3.63, 3.8) is 0 Å². The summed E-state index contributed by atoms with van der Waals surface area (Å²) in [5, 5.41) is 8.84. The smallest absolute Gasteiger partial charge is 0.373 e. The van der Waals surface area contributed by atoms with Gasteiger partial charge in [-0.05, 0) is 24.0 Å². The minimum Gasteiger partial charge on any atom is -0.475 e. The Kier molecular flexibility index (Phi) is 3.94. The van der Waals surface area contributed by atoms with Crippen LogP contribution in [0.15, 0.2) is 41.4 Å². The van der Waals surface area contributed by atoms with Gasteiger partial charge in [0, 0.05) is 16.7 Å². The third-order valence-electron chi connectivity index (χ3n) is 2.31. The van der Waals surface area contributed by atoms with Crippen LogP contribution in [0.4, 0.5) is 0 Å². The average molecular weight is 260 g/mol. The van der Waals surface area contributed by atoms with E-state index in [4.69, 9.17) is 5.11 Å². The number of hydrogen-bond donors (Lipinski definition) is 1. The van der Waals surface area contributed by atoms with Gasteiger partial charge in [-0.25, -0.2) is 14.8 Å². The topological polar surface area (TPSA) is 63.1 Å². The Morgan fingerprint density at radius 1 is 1.28 bits per heavy atom. The fraction of sp³-hybridized carbons (Fsp3) is 0.154. The molecule has 1 heterocycles. The van der Waals surface area contributed by atoms with Gasteiger partial charge >= 0.3 is 5.97 Å². The summed E-state index contributed by atoms with van der Waals surface area (Å²) < 4.78 is 0. The Hall–Kier alpha value is -1.88. The monoisotopic (exact) mass is 260 g/mol. The van der Waals surface area contributed by atoms with Crippen molar-refractivity contribution >= 4 is 17.7 Å². The molecule has 0 fully saturated rings. The lowest BCUT2D eigenvalue weighted by atomic mass is 10.1. The molecule has 0 spiro atoms. The predicted molar refractivity (Wildman–Crippen MR) is 70.8 cm³/mol. The van der Waals surface area contributed by atoms with E-state index >= 15 is 0 Å². The fourth-order valence-electron chi connectivity index (χ4n) is 1.51. The summed E-state index contributed by atoms with van der Waals surface area (Å²) in [6.45, 7) is 2.10. The molecular formula is C13H12N2O2S. The molecule has 0 saturated heterocycles. The van der Waals surface area contributed by atoms with Crippen LogP contribution >= 0.6 is 11.8 Å². The van der Waals surface area contributed by atoms with E-state index in [2.05, 4.69) is 16.9 Å². The molecule has 0 saturated carbocycles. The van der Waals surface area contributed by atoms with Gasteiger partial charge in [-0.3, -0.25) is 0 Å². The highest BCUT2D eigenvalue weighted by Crippen LogP contribution is 2.22. The van der Waals surface area contributed by atoms with Gasteiger partial charge in [-0.1, -0.05) is 19.1 Å². The van der Waals surface area contributed by atoms with E-state index in [9.17, 15) is 4.79 Å². The van der Waals surface area contributed by atoms with Gasteiger partial charge in [0.2, 0.25) is 5.82 Å². The lowest BCUT2D eigenvalue weighted by molar-refractivity contribution is 0.0683. The normalized spacial score (nSPS) is 10.3. The van der Waals surface area contributed by atoms with Gasteiger partial charge in [-0.15, -0.1) is 11.8 Å². The van der Waals surface area contributed by atoms with Crippen molar-refractivity contribution in [2.24, 2.45) is 0 Å². The average Bonchev–Trinajstić information content (AvgIpc) is 2.40. The van der Waals surface area contributed by atoms with Crippen LogP contribution in [0.2, 0.25) is 0 Å². The van der Waals surface area contributed by atoms with Crippen LogP contribution in [0, 0.1) is 0 Å². The maximum atomic E-state index is 10.8. The summed E-state index contributed by atoms with van der Waals surface area (Å²) in [6, 6.07) is 9.59. The van der Waals surface area contributed by atoms with Crippen molar-refractivity contribution in [1.82, 2.24) is 9.97 Å². The van der Waals surface area contributed by atoms with Crippen molar-refractivity contribution in [2.45, 2.75) is 11.8 Å². The summed E-state index contributed by atoms with van der Waals surface area (Å²) in [4.78, 5) is 19.7. The highest BCUT2D eigenvalue weighted by Gasteiger charge is 2.08. The second-order valence-electron chi connectivity index (χ2n) is 3.53. The zero-order valence-corrected chi connectivity index (χ0v) is 10.6. The van der Waals surface area contributed by atoms with Crippen molar-refractivity contribution in [3.8, 4) is 11.3 Å². The molecular weight excluding hydrogens is 248 g/mol. The summed E-state index contributed by atoms with van der Waals surface area (Å²) in [5.41, 5.74) is 1.51. The largest absolute Gasteiger partial charge is 0.475 e. The molecule has 2 rings (SSSR count). The molecule has 1 aromatic heterocycles. The molecule has 1 N–H and O–H groups in total. The molecule has 0 unspecified atom stereocenters. The highest BCUT2D eigenvalue weighted by atomic mass is 32.2. The van der Waals surface area contributed by atoms with Crippen LogP contribution in [-0.4, -0.2) is 26.8 Å². The number of nitrogens with zero attached hydrogens (tertiary/aromatic N) is 2. The van der Waals surface area contributed by atoms with E-state index in [1.807, 2.05) is 24.3 Å². The van der Waals surface area contributed by atoms with E-state index in [0.717, 1.165) is 11.3 Å². The molecule has 0 aliphatic heterocycles. The number of benzene rings is 1. The number of rotatable bonds is 4. The molecule has 5 heteroatoms. The third-order valence-corrected chi connectivity index (χ3v) is 3.20. The van der Waals surface area contributed by atoms with Crippen molar-refractivity contribution < 1.29 is 9.90 Å². The van der Waals surface area contributed by atoms with E-state index in [1.54, 1.807) is 17.8 Å². The first-order chi connectivity index (χ1) is 8.70. The lowest BCUT2D eigenvalue weighted by Gasteiger charge is -2.03. The first-order valence-electron chi connectivity index (χ1n) is 5.50. The van der Waals surface area contributed by atoms with Crippen LogP contribution in [0.3, 0.4) is 0 Å². The Morgan fingerprint density at radius 2 is 2.00 bits per heavy atom. The first-order valence-corrected chi connectivity index (χ1v) is 6.49. The molecule has 0 aliphatic rings. The number of carboxylic acids is 1. The van der Waals surface area contributed by atoms with Crippen LogP contribution in [-0.2, 0) is 0 Å². The molecule has 2 aromatic rings. The van der Waals surface area contributed by atoms with Gasteiger partial charge < -0.3 is 5.11 Å². The standard InChI is InChI=1S/C13H12N2O2S/c1-2-18-10-5-3-9(4-6-10)11-7-8-14-12(15-11)13(16)17/h3-8H,2H2,1H3,(H,16,17). The quantitative estimate of drug-likeness (QED) is 0.856. The van der Waals surface area contributed by atoms with Gasteiger partial charge in [0.1, 0.15) is 0 Å². The van der Waals surface area contributed by atoms with E-state index in [0.29, 0.717) is 5.69 Å². The maximum absolute atomic E-state index is 10.8. The molecule has 92 valence electrons. The second-order valence-corrected chi connectivity index (χ2v) is 4.87. The van der Waals surface area contributed by atoms with E-state index in [-0.39, 0.29) is 5.82 Å². The number of aromatic nitrogens is 2. The lowest BCUT2D eigenvalue weighted by Crippen LogP contribution is -2.04. The molecule has 4 nitrogen and oxygen atoms in total. The fourth-order valence-corrected chi connectivity index (χ4v) is 2.17. The number of thioether (sulfide) groups is 1. The van der Waals surface area contributed by atoms with E-state index < -0.39 is 5.97 Å². The van der Waals surface area contributed by atoms with Gasteiger partial charge in [0.15, 0.2) is 0 Å². The molecule has 0 radical (unpaired) electrons. The molecule has 0 aliphatic carbocycles. The van der Waals surface area contributed by atoms with Crippen LogP contribution in [0.5, 0.6) is 0 Å². The SMILES string of the molecule is CCSc1ccc(-c2ccnc(C(=O)O)n2)cc1. The van der Waals surface area contributed by atoms with Gasteiger partial charge in [-0.2, -0.15) is 0 Å². The molecule has 0 amide bonds. The summed E-state index contributed by atoms with van der Waals surface area (Å²) in [6.07, 6.45) is 1.46. The van der Waals surface area contributed by atoms with Crippen molar-refractivity contribution in [3.05, 3.63) is 42.4 Å². The Labute approximate surface area is 109 Å². The Morgan fingerprint density at radius 3 is 2.61 bits per heavy atom. The zero-order valence-electron chi connectivity index (χ0n) is 9.83. The number of hydrogen-bond acceptors (Lipinski definition) is 4. The first kappa shape index (κ1) is 12.6. The molecule has 1 aromatic carbocycles. The highest BCUT2D eigenvalue weighted by molar-refractivity contribution is 7.99. The maximum Gasteiger partial charge on any atom is 0.373 e. The molecule has 0 bridgehead atoms. The summed E-state index contributed by atoms with van der Waals surface area (Å²) in [5.74, 6) is -0.273. The van der Waals surface area contributed by atoms with Crippen LogP contribution in [0.1, 0.15) is 17.5 Å². The van der Waals surface area contributed by atoms with Gasteiger partial charge in [0.25, 0.3) is 0 Å². The van der Waals surface area contributed by atoms with Crippen molar-refractivity contribution in [1.29, 1.82) is 0 Å². The predicted octanol–water partition coefficient (Wildman–Crippen LogP) is 2.95. The molecule has 18 heavy (non-hydrogen) atoms. The number of carbonyl (C=O) groups is 1. The third kappa shape index (κ3) is 2.87. The zero-order chi connectivity index (χ0) is 13.0. The minimum absolute atomic E-state index is 0.181. The number of carboxylic acid groups (broad SMARTS) is 1. The number of aromatic carboxylic acids is 1. The van der Waals surface area contributed by atoms with Crippen LogP contribution < -0.4 is 0 Å². The summed E-state index contributed by atoms with van der Waals surface area (Å²) in [7, 11) is 0. The Bertz CT molecular complexity index is 555. The second kappa shape index (κ2) is 5.64. The van der Waals surface area contributed by atoms with E-state index in [1.165, 1.54) is 11.1 Å². The van der Waals surface area contributed by atoms with Crippen molar-refractivity contribution in [2.75, 3.05) is 5.75 Å². The summed E-state index contributed by atoms with van der Waals surface area (Å²) >= 11 is 1.76.